The van der Waals surface area contributed by atoms with E-state index >= 15 is 0 Å². The van der Waals surface area contributed by atoms with Crippen molar-refractivity contribution >= 4 is 18.3 Å². The molecule has 2 unspecified atom stereocenters. The van der Waals surface area contributed by atoms with Gasteiger partial charge in [0, 0.05) is 24.2 Å². The van der Waals surface area contributed by atoms with Gasteiger partial charge in [-0.2, -0.15) is 0 Å². The quantitative estimate of drug-likeness (QED) is 0.931. The van der Waals surface area contributed by atoms with E-state index in [2.05, 4.69) is 0 Å². The SMILES string of the molecule is CC(N)C1CCCCN1C(=O)Cc1cc(F)ccc1F.Cl. The first kappa shape index (κ1) is 17.9. The minimum atomic E-state index is -0.547. The summed E-state index contributed by atoms with van der Waals surface area (Å²) in [5.74, 6) is -1.26. The van der Waals surface area contributed by atoms with Gasteiger partial charge in [0.1, 0.15) is 11.6 Å². The highest BCUT2D eigenvalue weighted by Crippen LogP contribution is 2.21. The van der Waals surface area contributed by atoms with Gasteiger partial charge in [-0.25, -0.2) is 8.78 Å². The third-order valence-electron chi connectivity index (χ3n) is 3.83. The molecule has 2 rings (SSSR count). The van der Waals surface area contributed by atoms with E-state index in [9.17, 15) is 13.6 Å². The first-order chi connectivity index (χ1) is 9.49. The molecule has 2 N–H and O–H groups in total. The summed E-state index contributed by atoms with van der Waals surface area (Å²) in [5, 5.41) is 0. The van der Waals surface area contributed by atoms with E-state index in [-0.39, 0.29) is 42.4 Å². The molecule has 0 aromatic heterocycles. The Balaban J connectivity index is 0.00000220. The lowest BCUT2D eigenvalue weighted by molar-refractivity contribution is -0.134. The zero-order valence-corrected chi connectivity index (χ0v) is 12.8. The molecule has 1 aliphatic rings. The van der Waals surface area contributed by atoms with Gasteiger partial charge in [-0.15, -0.1) is 12.4 Å². The van der Waals surface area contributed by atoms with Crippen molar-refractivity contribution < 1.29 is 13.6 Å². The van der Waals surface area contributed by atoms with Crippen LogP contribution in [-0.2, 0) is 11.2 Å². The molecular formula is C15H21ClF2N2O. The van der Waals surface area contributed by atoms with E-state index in [0.29, 0.717) is 6.54 Å². The van der Waals surface area contributed by atoms with Gasteiger partial charge >= 0.3 is 0 Å². The molecule has 0 saturated carbocycles. The van der Waals surface area contributed by atoms with Crippen molar-refractivity contribution in [3.63, 3.8) is 0 Å². The van der Waals surface area contributed by atoms with Crippen LogP contribution in [0.2, 0.25) is 0 Å². The highest BCUT2D eigenvalue weighted by molar-refractivity contribution is 5.85. The molecule has 1 heterocycles. The van der Waals surface area contributed by atoms with Crippen LogP contribution in [0, 0.1) is 11.6 Å². The van der Waals surface area contributed by atoms with Crippen molar-refractivity contribution in [2.24, 2.45) is 5.73 Å². The summed E-state index contributed by atoms with van der Waals surface area (Å²) in [7, 11) is 0. The molecule has 0 bridgehead atoms. The number of hydrogen-bond acceptors (Lipinski definition) is 2. The van der Waals surface area contributed by atoms with Crippen LogP contribution in [0.5, 0.6) is 0 Å². The Morgan fingerprint density at radius 1 is 1.43 bits per heavy atom. The third kappa shape index (κ3) is 4.38. The normalized spacial score (nSPS) is 19.8. The standard InChI is InChI=1S/C15H20F2N2O.ClH/c1-10(18)14-4-2-3-7-19(14)15(20)9-11-8-12(16)5-6-13(11)17;/h5-6,8,10,14H,2-4,7,9,18H2,1H3;1H. The number of carbonyl (C=O) groups excluding carboxylic acids is 1. The van der Waals surface area contributed by atoms with Crippen LogP contribution < -0.4 is 5.73 Å². The van der Waals surface area contributed by atoms with Gasteiger partial charge in [-0.05, 0) is 44.4 Å². The van der Waals surface area contributed by atoms with Gasteiger partial charge in [0.05, 0.1) is 6.42 Å². The second-order valence-electron chi connectivity index (χ2n) is 5.42. The average Bonchev–Trinajstić information content (AvgIpc) is 2.42. The van der Waals surface area contributed by atoms with Crippen molar-refractivity contribution in [1.29, 1.82) is 0 Å². The van der Waals surface area contributed by atoms with Crippen LogP contribution in [0.15, 0.2) is 18.2 Å². The van der Waals surface area contributed by atoms with E-state index in [1.165, 1.54) is 0 Å². The Bertz CT molecular complexity index is 497. The van der Waals surface area contributed by atoms with Gasteiger partial charge in [0.15, 0.2) is 0 Å². The topological polar surface area (TPSA) is 46.3 Å². The van der Waals surface area contributed by atoms with E-state index in [1.54, 1.807) is 4.90 Å². The van der Waals surface area contributed by atoms with Crippen molar-refractivity contribution in [1.82, 2.24) is 4.90 Å². The van der Waals surface area contributed by atoms with Crippen molar-refractivity contribution in [2.75, 3.05) is 6.54 Å². The van der Waals surface area contributed by atoms with Crippen molar-refractivity contribution in [3.05, 3.63) is 35.4 Å². The molecule has 2 atom stereocenters. The van der Waals surface area contributed by atoms with Crippen LogP contribution >= 0.6 is 12.4 Å². The molecular weight excluding hydrogens is 298 g/mol. The lowest BCUT2D eigenvalue weighted by Crippen LogP contribution is -2.52. The molecule has 118 valence electrons. The maximum absolute atomic E-state index is 13.6. The summed E-state index contributed by atoms with van der Waals surface area (Å²) in [6.07, 6.45) is 2.73. The molecule has 6 heteroatoms. The minimum Gasteiger partial charge on any atom is -0.338 e. The highest BCUT2D eigenvalue weighted by atomic mass is 35.5. The van der Waals surface area contributed by atoms with E-state index in [4.69, 9.17) is 5.73 Å². The van der Waals surface area contributed by atoms with Gasteiger partial charge in [0.25, 0.3) is 0 Å². The van der Waals surface area contributed by atoms with Gasteiger partial charge in [-0.1, -0.05) is 0 Å². The van der Waals surface area contributed by atoms with Crippen LogP contribution in [0.4, 0.5) is 8.78 Å². The van der Waals surface area contributed by atoms with Crippen LogP contribution in [0.25, 0.3) is 0 Å². The monoisotopic (exact) mass is 318 g/mol. The molecule has 1 saturated heterocycles. The average molecular weight is 319 g/mol. The number of nitrogens with two attached hydrogens (primary N) is 1. The Morgan fingerprint density at radius 3 is 2.81 bits per heavy atom. The van der Waals surface area contributed by atoms with Gasteiger partial charge in [-0.3, -0.25) is 4.79 Å². The molecule has 0 aliphatic carbocycles. The molecule has 1 aliphatic heterocycles. The van der Waals surface area contributed by atoms with Gasteiger partial charge in [0.2, 0.25) is 5.91 Å². The van der Waals surface area contributed by atoms with Crippen LogP contribution in [0.3, 0.4) is 0 Å². The fourth-order valence-electron chi connectivity index (χ4n) is 2.76. The Morgan fingerprint density at radius 2 is 2.14 bits per heavy atom. The number of nitrogens with zero attached hydrogens (tertiary/aromatic N) is 1. The number of rotatable bonds is 3. The lowest BCUT2D eigenvalue weighted by Gasteiger charge is -2.38. The number of piperidine rings is 1. The number of halogens is 3. The number of carbonyl (C=O) groups is 1. The van der Waals surface area contributed by atoms with E-state index < -0.39 is 11.6 Å². The summed E-state index contributed by atoms with van der Waals surface area (Å²) in [4.78, 5) is 14.0. The molecule has 1 aromatic rings. The zero-order chi connectivity index (χ0) is 14.7. The van der Waals surface area contributed by atoms with E-state index in [0.717, 1.165) is 37.5 Å². The molecule has 1 amide bonds. The number of hydrogen-bond donors (Lipinski definition) is 1. The fraction of sp³-hybridized carbons (Fsp3) is 0.533. The third-order valence-corrected chi connectivity index (χ3v) is 3.83. The first-order valence-electron chi connectivity index (χ1n) is 6.98. The minimum absolute atomic E-state index is 0. The molecule has 1 aromatic carbocycles. The summed E-state index contributed by atoms with van der Waals surface area (Å²) in [5.41, 5.74) is 6.02. The second-order valence-corrected chi connectivity index (χ2v) is 5.42. The van der Waals surface area contributed by atoms with Gasteiger partial charge < -0.3 is 10.6 Å². The number of amides is 1. The zero-order valence-electron chi connectivity index (χ0n) is 12.0. The van der Waals surface area contributed by atoms with Crippen LogP contribution in [0.1, 0.15) is 31.7 Å². The van der Waals surface area contributed by atoms with Crippen molar-refractivity contribution in [2.45, 2.75) is 44.7 Å². The summed E-state index contributed by atoms with van der Waals surface area (Å²) < 4.78 is 26.7. The Labute approximate surface area is 129 Å². The summed E-state index contributed by atoms with van der Waals surface area (Å²) >= 11 is 0. The predicted octanol–water partition coefficient (Wildman–Crippen LogP) is 2.66. The predicted molar refractivity (Wildman–Crippen MR) is 80.3 cm³/mol. The fourth-order valence-corrected chi connectivity index (χ4v) is 2.76. The largest absolute Gasteiger partial charge is 0.338 e. The van der Waals surface area contributed by atoms with E-state index in [1.807, 2.05) is 6.92 Å². The lowest BCUT2D eigenvalue weighted by atomic mass is 9.96. The molecule has 1 fully saturated rings. The second kappa shape index (κ2) is 7.71. The summed E-state index contributed by atoms with van der Waals surface area (Å²) in [6, 6.07) is 3.06. The Hall–Kier alpha value is -1.20. The maximum atomic E-state index is 13.6. The smallest absolute Gasteiger partial charge is 0.227 e. The molecule has 0 spiro atoms. The highest BCUT2D eigenvalue weighted by Gasteiger charge is 2.29. The molecule has 21 heavy (non-hydrogen) atoms. The number of benzene rings is 1. The number of likely N-dealkylation sites (tertiary alicyclic amines) is 1. The Kier molecular flexibility index (Phi) is 6.55. The maximum Gasteiger partial charge on any atom is 0.227 e. The van der Waals surface area contributed by atoms with Crippen molar-refractivity contribution in [3.8, 4) is 0 Å². The molecule has 0 radical (unpaired) electrons. The van der Waals surface area contributed by atoms with Crippen LogP contribution in [-0.4, -0.2) is 29.4 Å². The summed E-state index contributed by atoms with van der Waals surface area (Å²) in [6.45, 7) is 2.51. The first-order valence-corrected chi connectivity index (χ1v) is 6.98. The molecule has 3 nitrogen and oxygen atoms in total.